The van der Waals surface area contributed by atoms with Crippen molar-refractivity contribution < 1.29 is 33.8 Å². The second-order valence-electron chi connectivity index (χ2n) is 4.26. The number of piperazine rings is 3. The van der Waals surface area contributed by atoms with Crippen LogP contribution in [-0.4, -0.2) is 60.2 Å². The summed E-state index contributed by atoms with van der Waals surface area (Å²) in [5.74, 6) is 0. The van der Waals surface area contributed by atoms with Gasteiger partial charge in [-0.05, 0) is 0 Å². The van der Waals surface area contributed by atoms with Gasteiger partial charge in [-0.2, -0.15) is 0 Å². The second-order valence-corrected chi connectivity index (χ2v) is 4.74. The Labute approximate surface area is 108 Å². The first kappa shape index (κ1) is 15.1. The molecular weight excluding hydrogens is 266 g/mol. The monoisotopic (exact) mass is 280 g/mol. The quantitative estimate of drug-likeness (QED) is 0.270. The summed E-state index contributed by atoms with van der Waals surface area (Å²) >= 11 is 12.0. The molecule has 0 radical (unpaired) electrons. The van der Waals surface area contributed by atoms with Crippen LogP contribution in [-0.2, 0) is 0 Å². The van der Waals surface area contributed by atoms with E-state index in [1.165, 1.54) is 39.3 Å². The summed E-state index contributed by atoms with van der Waals surface area (Å²) < 4.78 is 2.27. The molecule has 2 bridgehead atoms. The lowest BCUT2D eigenvalue weighted by molar-refractivity contribution is -1.07. The van der Waals surface area contributed by atoms with Gasteiger partial charge in [-0.15, -0.1) is 0 Å². The Balaban J connectivity index is 0.000000845. The Morgan fingerprint density at radius 1 is 0.643 bits per heavy atom. The average Bonchev–Trinajstić information content (AvgIpc) is 2.21. The maximum atomic E-state index is 5.98. The van der Waals surface area contributed by atoms with Gasteiger partial charge in [-0.1, -0.05) is 23.2 Å². The molecule has 0 unspecified atom stereocenters. The number of hydrogen-bond donors (Lipinski definition) is 0. The van der Waals surface area contributed by atoms with Gasteiger partial charge >= 0.3 is 0 Å². The Morgan fingerprint density at radius 3 is 1.00 bits per heavy atom. The van der Waals surface area contributed by atoms with E-state index in [9.17, 15) is 0 Å². The third kappa shape index (κ3) is 2.42. The minimum atomic E-state index is 0. The maximum Gasteiger partial charge on any atom is 0.155 e. The number of alkyl halides is 2. The number of quaternary nitrogens is 2. The van der Waals surface area contributed by atoms with Gasteiger partial charge in [0.2, 0.25) is 0 Å². The zero-order chi connectivity index (χ0) is 8.66. The summed E-state index contributed by atoms with van der Waals surface area (Å²) in [5.41, 5.74) is 0. The normalized spacial score (nSPS) is 39.9. The van der Waals surface area contributed by atoms with Crippen molar-refractivity contribution in [2.45, 2.75) is 0 Å². The number of hydrogen-bond acceptors (Lipinski definition) is 0. The van der Waals surface area contributed by atoms with Crippen molar-refractivity contribution in [3.63, 3.8) is 0 Å². The number of halogens is 4. The molecule has 0 amide bonds. The topological polar surface area (TPSA) is 0 Å². The highest BCUT2D eigenvalue weighted by Crippen LogP contribution is 2.27. The fraction of sp³-hybridized carbons (Fsp3) is 1.00. The largest absolute Gasteiger partial charge is 1.00 e. The first-order chi connectivity index (χ1) is 5.74. The van der Waals surface area contributed by atoms with Crippen molar-refractivity contribution in [3.8, 4) is 0 Å². The van der Waals surface area contributed by atoms with E-state index in [-0.39, 0.29) is 24.8 Å². The molecule has 0 N–H and O–H groups in total. The highest BCUT2D eigenvalue weighted by Gasteiger charge is 2.47. The van der Waals surface area contributed by atoms with Crippen LogP contribution in [0.4, 0.5) is 0 Å². The fourth-order valence-corrected chi connectivity index (χ4v) is 3.02. The molecule has 3 heterocycles. The zero-order valence-corrected chi connectivity index (χ0v) is 11.1. The van der Waals surface area contributed by atoms with Crippen molar-refractivity contribution in [1.82, 2.24) is 0 Å². The van der Waals surface area contributed by atoms with Gasteiger partial charge in [0.1, 0.15) is 39.3 Å². The third-order valence-corrected chi connectivity index (χ3v) is 4.67. The SMILES string of the molecule is ClC[N+]12CC[N+](CCl)(CC1)CC2.[Cl-].[Cl-]. The van der Waals surface area contributed by atoms with Gasteiger partial charge < -0.3 is 24.8 Å². The maximum absolute atomic E-state index is 5.98. The molecule has 0 aromatic carbocycles. The van der Waals surface area contributed by atoms with Crippen LogP contribution in [0.15, 0.2) is 0 Å². The van der Waals surface area contributed by atoms with Crippen LogP contribution in [0.25, 0.3) is 0 Å². The molecule has 0 aromatic rings. The molecule has 3 rings (SSSR count). The zero-order valence-electron chi connectivity index (χ0n) is 8.06. The Kier molecular flexibility index (Phi) is 5.84. The molecule has 6 heteroatoms. The van der Waals surface area contributed by atoms with E-state index >= 15 is 0 Å². The number of rotatable bonds is 2. The molecule has 0 atom stereocenters. The van der Waals surface area contributed by atoms with Crippen LogP contribution in [0.2, 0.25) is 0 Å². The van der Waals surface area contributed by atoms with Crippen molar-refractivity contribution in [2.24, 2.45) is 0 Å². The van der Waals surface area contributed by atoms with E-state index in [1.54, 1.807) is 0 Å². The molecule has 3 saturated heterocycles. The van der Waals surface area contributed by atoms with Crippen molar-refractivity contribution in [1.29, 1.82) is 0 Å². The molecule has 0 spiro atoms. The standard InChI is InChI=1S/C8H16Cl2N2.2ClH/c9-7-11-1-2-12(8-10,5-3-11)6-4-11;;/h1-8H2;2*1H/q+2;;/p-2. The summed E-state index contributed by atoms with van der Waals surface area (Å²) in [6, 6.07) is 1.59. The van der Waals surface area contributed by atoms with Crippen molar-refractivity contribution in [2.75, 3.05) is 51.3 Å². The van der Waals surface area contributed by atoms with Gasteiger partial charge in [0, 0.05) is 0 Å². The molecule has 0 saturated carbocycles. The Hall–Kier alpha value is 1.08. The van der Waals surface area contributed by atoms with Gasteiger partial charge in [0.15, 0.2) is 12.0 Å². The van der Waals surface area contributed by atoms with E-state index in [2.05, 4.69) is 0 Å². The fourth-order valence-electron chi connectivity index (χ4n) is 2.30. The minimum Gasteiger partial charge on any atom is -1.00 e. The second kappa shape index (κ2) is 5.42. The van der Waals surface area contributed by atoms with Gasteiger partial charge in [0.05, 0.1) is 0 Å². The smallest absolute Gasteiger partial charge is 0.155 e. The van der Waals surface area contributed by atoms with E-state index in [4.69, 9.17) is 23.2 Å². The summed E-state index contributed by atoms with van der Waals surface area (Å²) in [6.07, 6.45) is 0. The van der Waals surface area contributed by atoms with Crippen LogP contribution >= 0.6 is 23.2 Å². The molecule has 0 aromatic heterocycles. The molecule has 3 aliphatic heterocycles. The van der Waals surface area contributed by atoms with Gasteiger partial charge in [0.25, 0.3) is 0 Å². The predicted octanol–water partition coefficient (Wildman–Crippen LogP) is -4.95. The lowest BCUT2D eigenvalue weighted by atomic mass is 10.1. The summed E-state index contributed by atoms with van der Waals surface area (Å²) in [5, 5.41) is 0. The van der Waals surface area contributed by atoms with Crippen LogP contribution in [0.1, 0.15) is 0 Å². The Morgan fingerprint density at radius 2 is 0.857 bits per heavy atom. The Bertz CT molecular complexity index is 144. The third-order valence-electron chi connectivity index (χ3n) is 3.65. The predicted molar refractivity (Wildman–Crippen MR) is 51.2 cm³/mol. The van der Waals surface area contributed by atoms with E-state index in [1.807, 2.05) is 0 Å². The van der Waals surface area contributed by atoms with Crippen LogP contribution in [0.3, 0.4) is 0 Å². The molecule has 86 valence electrons. The molecule has 14 heavy (non-hydrogen) atoms. The molecule has 0 aliphatic carbocycles. The lowest BCUT2D eigenvalue weighted by Gasteiger charge is -2.53. The molecule has 3 fully saturated rings. The average molecular weight is 282 g/mol. The van der Waals surface area contributed by atoms with Crippen molar-refractivity contribution in [3.05, 3.63) is 0 Å². The van der Waals surface area contributed by atoms with Crippen LogP contribution in [0, 0.1) is 0 Å². The van der Waals surface area contributed by atoms with Crippen molar-refractivity contribution >= 4 is 23.2 Å². The van der Waals surface area contributed by atoms with Crippen LogP contribution < -0.4 is 24.8 Å². The number of fused-ring (bicyclic) bond motifs is 3. The van der Waals surface area contributed by atoms with Crippen LogP contribution in [0.5, 0.6) is 0 Å². The van der Waals surface area contributed by atoms with E-state index in [0.717, 1.165) is 21.0 Å². The lowest BCUT2D eigenvalue weighted by Crippen LogP contribution is -3.00. The van der Waals surface area contributed by atoms with Gasteiger partial charge in [-0.3, -0.25) is 8.97 Å². The summed E-state index contributed by atoms with van der Waals surface area (Å²) in [4.78, 5) is 0. The molecular formula is C8H16Cl4N2. The minimum absolute atomic E-state index is 0. The molecule has 2 nitrogen and oxygen atoms in total. The summed E-state index contributed by atoms with van der Waals surface area (Å²) in [7, 11) is 0. The first-order valence-electron chi connectivity index (χ1n) is 4.56. The molecule has 3 aliphatic rings. The highest BCUT2D eigenvalue weighted by molar-refractivity contribution is 6.17. The van der Waals surface area contributed by atoms with E-state index < -0.39 is 0 Å². The van der Waals surface area contributed by atoms with Gasteiger partial charge in [-0.25, -0.2) is 0 Å². The summed E-state index contributed by atoms with van der Waals surface area (Å²) in [6.45, 7) is 7.39. The number of nitrogens with zero attached hydrogens (tertiary/aromatic N) is 2. The highest BCUT2D eigenvalue weighted by atomic mass is 35.5. The first-order valence-corrected chi connectivity index (χ1v) is 5.63. The van der Waals surface area contributed by atoms with E-state index in [0.29, 0.717) is 0 Å².